The maximum Gasteiger partial charge on any atom is 0.257 e. The highest BCUT2D eigenvalue weighted by Gasteiger charge is 2.35. The van der Waals surface area contributed by atoms with Crippen molar-refractivity contribution in [1.29, 1.82) is 0 Å². The van der Waals surface area contributed by atoms with Crippen LogP contribution >= 0.6 is 0 Å². The third-order valence-corrected chi connectivity index (χ3v) is 7.38. The summed E-state index contributed by atoms with van der Waals surface area (Å²) >= 11 is 0. The monoisotopic (exact) mass is 453 g/mol. The highest BCUT2D eigenvalue weighted by molar-refractivity contribution is 5.95. The van der Waals surface area contributed by atoms with Crippen molar-refractivity contribution in [3.8, 4) is 0 Å². The summed E-state index contributed by atoms with van der Waals surface area (Å²) in [6.07, 6.45) is 11.9. The van der Waals surface area contributed by atoms with Gasteiger partial charge in [0.05, 0.1) is 0 Å². The summed E-state index contributed by atoms with van der Waals surface area (Å²) in [6.45, 7) is 3.16. The minimum Gasteiger partial charge on any atom is -0.352 e. The average molecular weight is 454 g/mol. The van der Waals surface area contributed by atoms with Crippen LogP contribution in [0.2, 0.25) is 0 Å². The zero-order chi connectivity index (χ0) is 23.5. The number of amides is 1. The summed E-state index contributed by atoms with van der Waals surface area (Å²) < 4.78 is 2.12. The fourth-order valence-corrected chi connectivity index (χ4v) is 5.57. The fourth-order valence-electron chi connectivity index (χ4n) is 5.57. The minimum atomic E-state index is -0.247. The summed E-state index contributed by atoms with van der Waals surface area (Å²) in [4.78, 5) is 30.7. The van der Waals surface area contributed by atoms with Crippen LogP contribution in [-0.2, 0) is 19.4 Å². The Kier molecular flexibility index (Phi) is 6.43. The molecule has 1 aromatic carbocycles. The lowest BCUT2D eigenvalue weighted by Gasteiger charge is -2.22. The molecule has 1 amide bonds. The summed E-state index contributed by atoms with van der Waals surface area (Å²) in [5, 5.41) is 3.12. The second kappa shape index (κ2) is 9.80. The largest absolute Gasteiger partial charge is 0.352 e. The number of carbonyl (C=O) groups is 1. The van der Waals surface area contributed by atoms with Crippen LogP contribution in [0.4, 0.5) is 0 Å². The van der Waals surface area contributed by atoms with E-state index in [9.17, 15) is 9.59 Å². The number of hydrogen-bond donors (Lipinski definition) is 1. The third kappa shape index (κ3) is 4.74. The first kappa shape index (κ1) is 22.3. The van der Waals surface area contributed by atoms with Gasteiger partial charge in [-0.2, -0.15) is 0 Å². The Balaban J connectivity index is 1.45. The molecular weight excluding hydrogens is 422 g/mol. The number of rotatable bonds is 8. The van der Waals surface area contributed by atoms with E-state index in [-0.39, 0.29) is 16.9 Å². The Labute approximate surface area is 200 Å². The average Bonchev–Trinajstić information content (AvgIpc) is 3.48. The lowest BCUT2D eigenvalue weighted by Crippen LogP contribution is -2.36. The van der Waals surface area contributed by atoms with Crippen LogP contribution in [-0.4, -0.2) is 22.0 Å². The molecule has 3 atom stereocenters. The van der Waals surface area contributed by atoms with E-state index in [2.05, 4.69) is 39.2 Å². The van der Waals surface area contributed by atoms with Gasteiger partial charge >= 0.3 is 0 Å². The summed E-state index contributed by atoms with van der Waals surface area (Å²) in [7, 11) is 0. The maximum atomic E-state index is 13.4. The van der Waals surface area contributed by atoms with Gasteiger partial charge in [-0.3, -0.25) is 14.6 Å². The number of aryl methyl sites for hydroxylation is 2. The molecule has 2 bridgehead atoms. The van der Waals surface area contributed by atoms with Gasteiger partial charge in [0.1, 0.15) is 5.56 Å². The molecule has 174 valence electrons. The molecule has 1 N–H and O–H groups in total. The molecule has 3 aromatic rings. The van der Waals surface area contributed by atoms with Gasteiger partial charge in [0, 0.05) is 42.9 Å². The number of allylic oxidation sites excluding steroid dienone is 2. The lowest BCUT2D eigenvalue weighted by molar-refractivity contribution is 0.0942. The zero-order valence-corrected chi connectivity index (χ0v) is 19.6. The zero-order valence-electron chi connectivity index (χ0n) is 19.6. The van der Waals surface area contributed by atoms with Gasteiger partial charge in [0.15, 0.2) is 5.43 Å². The number of nitrogens with one attached hydrogen (secondary N) is 1. The quantitative estimate of drug-likeness (QED) is 0.517. The SMILES string of the molecule is Cc1cc(=O)c(C(=O)NC[C@H]2C[C@@H]3C=C[C@H]2C3)c(CCc2ccccc2)n1Cc1ccncc1. The van der Waals surface area contributed by atoms with Gasteiger partial charge in [-0.1, -0.05) is 42.5 Å². The summed E-state index contributed by atoms with van der Waals surface area (Å²) in [5.74, 6) is 1.44. The topological polar surface area (TPSA) is 64.0 Å². The summed E-state index contributed by atoms with van der Waals surface area (Å²) in [6, 6.07) is 15.8. The minimum absolute atomic E-state index is 0.197. The Morgan fingerprint density at radius 2 is 1.82 bits per heavy atom. The van der Waals surface area contributed by atoms with E-state index in [1.54, 1.807) is 18.5 Å². The van der Waals surface area contributed by atoms with Crippen molar-refractivity contribution < 1.29 is 4.79 Å². The third-order valence-electron chi connectivity index (χ3n) is 7.38. The molecule has 2 aliphatic rings. The number of benzene rings is 1. The van der Waals surface area contributed by atoms with Gasteiger partial charge < -0.3 is 9.88 Å². The van der Waals surface area contributed by atoms with Crippen molar-refractivity contribution in [2.45, 2.75) is 39.2 Å². The van der Waals surface area contributed by atoms with Crippen LogP contribution < -0.4 is 10.7 Å². The molecule has 0 spiro atoms. The van der Waals surface area contributed by atoms with Gasteiger partial charge in [0.2, 0.25) is 0 Å². The van der Waals surface area contributed by atoms with Gasteiger partial charge in [0.25, 0.3) is 5.91 Å². The van der Waals surface area contributed by atoms with Gasteiger partial charge in [-0.05, 0) is 73.6 Å². The smallest absolute Gasteiger partial charge is 0.257 e. The molecular formula is C29H31N3O2. The van der Waals surface area contributed by atoms with Crippen molar-refractivity contribution in [3.63, 3.8) is 0 Å². The van der Waals surface area contributed by atoms with E-state index in [1.165, 1.54) is 12.0 Å². The van der Waals surface area contributed by atoms with Crippen LogP contribution in [0.25, 0.3) is 0 Å². The lowest BCUT2D eigenvalue weighted by atomic mass is 9.93. The number of nitrogens with zero attached hydrogens (tertiary/aromatic N) is 2. The van der Waals surface area contributed by atoms with Crippen LogP contribution in [0.1, 0.15) is 45.7 Å². The molecule has 1 saturated carbocycles. The number of fused-ring (bicyclic) bond motifs is 2. The highest BCUT2D eigenvalue weighted by atomic mass is 16.2. The molecule has 5 rings (SSSR count). The van der Waals surface area contributed by atoms with E-state index in [1.807, 2.05) is 37.3 Å². The molecule has 2 aliphatic carbocycles. The Morgan fingerprint density at radius 3 is 2.53 bits per heavy atom. The Hall–Kier alpha value is -3.47. The first-order valence-corrected chi connectivity index (χ1v) is 12.2. The molecule has 0 aliphatic heterocycles. The van der Waals surface area contributed by atoms with Crippen molar-refractivity contribution in [1.82, 2.24) is 14.9 Å². The molecule has 5 heteroatoms. The number of hydrogen-bond acceptors (Lipinski definition) is 3. The number of pyridine rings is 2. The second-order valence-electron chi connectivity index (χ2n) is 9.65. The fraction of sp³-hybridized carbons (Fsp3) is 0.345. The molecule has 5 nitrogen and oxygen atoms in total. The van der Waals surface area contributed by atoms with Crippen LogP contribution in [0, 0.1) is 24.7 Å². The summed E-state index contributed by atoms with van der Waals surface area (Å²) in [5.41, 5.74) is 4.02. The van der Waals surface area contributed by atoms with E-state index in [0.717, 1.165) is 29.8 Å². The molecule has 34 heavy (non-hydrogen) atoms. The van der Waals surface area contributed by atoms with E-state index >= 15 is 0 Å². The first-order valence-electron chi connectivity index (χ1n) is 12.2. The molecule has 0 unspecified atom stereocenters. The predicted octanol–water partition coefficient (Wildman–Crippen LogP) is 4.33. The van der Waals surface area contributed by atoms with Crippen LogP contribution in [0.5, 0.6) is 0 Å². The van der Waals surface area contributed by atoms with Crippen LogP contribution in [0.3, 0.4) is 0 Å². The first-order chi connectivity index (χ1) is 16.6. The Morgan fingerprint density at radius 1 is 1.03 bits per heavy atom. The van der Waals surface area contributed by atoms with Crippen molar-refractivity contribution in [2.75, 3.05) is 6.54 Å². The van der Waals surface area contributed by atoms with Gasteiger partial charge in [-0.25, -0.2) is 0 Å². The maximum absolute atomic E-state index is 13.4. The molecule has 1 fully saturated rings. The Bertz CT molecular complexity index is 1250. The van der Waals surface area contributed by atoms with Crippen molar-refractivity contribution in [3.05, 3.63) is 111 Å². The van der Waals surface area contributed by atoms with E-state index in [4.69, 9.17) is 0 Å². The molecule has 2 aromatic heterocycles. The van der Waals surface area contributed by atoms with Crippen molar-refractivity contribution in [2.24, 2.45) is 17.8 Å². The van der Waals surface area contributed by atoms with E-state index < -0.39 is 0 Å². The number of carbonyl (C=O) groups excluding carboxylic acids is 1. The van der Waals surface area contributed by atoms with Crippen LogP contribution in [0.15, 0.2) is 77.9 Å². The van der Waals surface area contributed by atoms with Crippen molar-refractivity contribution >= 4 is 5.91 Å². The normalized spacial score (nSPS) is 20.6. The highest BCUT2D eigenvalue weighted by Crippen LogP contribution is 2.42. The van der Waals surface area contributed by atoms with E-state index in [0.29, 0.717) is 37.3 Å². The molecule has 0 radical (unpaired) electrons. The van der Waals surface area contributed by atoms with Gasteiger partial charge in [-0.15, -0.1) is 0 Å². The predicted molar refractivity (Wildman–Crippen MR) is 134 cm³/mol. The standard InChI is InChI=1S/C29H31N3O2/c1-20-15-27(33)28(29(34)31-18-25-17-23-7-9-24(25)16-23)26(10-8-21-5-3-2-4-6-21)32(20)19-22-11-13-30-14-12-22/h2-7,9,11-15,23-25H,8,10,16-19H2,1H3,(H,31,34)/t23-,24+,25-/m1/s1. The second-order valence-corrected chi connectivity index (χ2v) is 9.65. The number of aromatic nitrogens is 2. The molecule has 0 saturated heterocycles. The molecule has 2 heterocycles.